The zero-order valence-corrected chi connectivity index (χ0v) is 16.3. The molecule has 6 heteroatoms. The molecule has 5 nitrogen and oxygen atoms in total. The Morgan fingerprint density at radius 1 is 1.08 bits per heavy atom. The van der Waals surface area contributed by atoms with Crippen LogP contribution < -0.4 is 10.0 Å². The lowest BCUT2D eigenvalue weighted by atomic mass is 10.1. The molecule has 2 aromatic rings. The van der Waals surface area contributed by atoms with Gasteiger partial charge in [-0.2, -0.15) is 0 Å². The molecule has 0 unspecified atom stereocenters. The van der Waals surface area contributed by atoms with Crippen molar-refractivity contribution < 1.29 is 13.2 Å². The molecular weight excluding hydrogens is 348 g/mol. The number of carbonyl (C=O) groups excluding carboxylic acids is 1. The van der Waals surface area contributed by atoms with Crippen LogP contribution in [0, 0.1) is 5.92 Å². The Morgan fingerprint density at radius 3 is 2.50 bits per heavy atom. The molecule has 0 radical (unpaired) electrons. The fraction of sp³-hybridized carbons (Fsp3) is 0.350. The molecule has 0 heterocycles. The van der Waals surface area contributed by atoms with Gasteiger partial charge in [-0.1, -0.05) is 45.0 Å². The first-order chi connectivity index (χ1) is 12.3. The summed E-state index contributed by atoms with van der Waals surface area (Å²) < 4.78 is 27.4. The van der Waals surface area contributed by atoms with E-state index in [0.29, 0.717) is 18.0 Å². The van der Waals surface area contributed by atoms with E-state index in [2.05, 4.69) is 10.0 Å². The average Bonchev–Trinajstić information content (AvgIpc) is 2.61. The zero-order valence-electron chi connectivity index (χ0n) is 15.5. The van der Waals surface area contributed by atoms with Crippen LogP contribution in [0.2, 0.25) is 0 Å². The minimum Gasteiger partial charge on any atom is -0.322 e. The minimum atomic E-state index is -3.63. The summed E-state index contributed by atoms with van der Waals surface area (Å²) in [4.78, 5) is 12.6. The monoisotopic (exact) mass is 374 g/mol. The van der Waals surface area contributed by atoms with Gasteiger partial charge in [0.05, 0.1) is 4.90 Å². The average molecular weight is 375 g/mol. The standard InChI is InChI=1S/C20H26N2O3S/c1-4-16-8-5-6-11-19(16)22-20(23)17-9-7-10-18(14-17)26(24,25)21-13-12-15(2)3/h5-11,14-15,21H,4,12-13H2,1-3H3,(H,22,23). The van der Waals surface area contributed by atoms with Crippen molar-refractivity contribution >= 4 is 21.6 Å². The van der Waals surface area contributed by atoms with E-state index in [9.17, 15) is 13.2 Å². The molecular formula is C20H26N2O3S. The highest BCUT2D eigenvalue weighted by Crippen LogP contribution is 2.18. The van der Waals surface area contributed by atoms with Crippen molar-refractivity contribution in [2.45, 2.75) is 38.5 Å². The first-order valence-corrected chi connectivity index (χ1v) is 10.3. The summed E-state index contributed by atoms with van der Waals surface area (Å²) in [7, 11) is -3.63. The Kier molecular flexibility index (Phi) is 6.94. The fourth-order valence-corrected chi connectivity index (χ4v) is 3.61. The van der Waals surface area contributed by atoms with Gasteiger partial charge in [-0.25, -0.2) is 13.1 Å². The number of hydrogen-bond donors (Lipinski definition) is 2. The molecule has 0 atom stereocenters. The van der Waals surface area contributed by atoms with Crippen LogP contribution >= 0.6 is 0 Å². The summed E-state index contributed by atoms with van der Waals surface area (Å²) in [5.41, 5.74) is 2.07. The predicted molar refractivity (Wildman–Crippen MR) is 105 cm³/mol. The van der Waals surface area contributed by atoms with Crippen LogP contribution in [-0.2, 0) is 16.4 Å². The molecule has 0 spiro atoms. The maximum atomic E-state index is 12.5. The lowest BCUT2D eigenvalue weighted by molar-refractivity contribution is 0.102. The Bertz CT molecular complexity index is 861. The predicted octanol–water partition coefficient (Wildman–Crippen LogP) is 3.83. The van der Waals surface area contributed by atoms with E-state index < -0.39 is 10.0 Å². The van der Waals surface area contributed by atoms with Gasteiger partial charge in [0.25, 0.3) is 5.91 Å². The lowest BCUT2D eigenvalue weighted by Crippen LogP contribution is -2.26. The molecule has 0 saturated heterocycles. The Morgan fingerprint density at radius 2 is 1.81 bits per heavy atom. The molecule has 2 N–H and O–H groups in total. The second-order valence-electron chi connectivity index (χ2n) is 6.57. The van der Waals surface area contributed by atoms with Gasteiger partial charge in [0.1, 0.15) is 0 Å². The Balaban J connectivity index is 2.16. The molecule has 0 fully saturated rings. The smallest absolute Gasteiger partial charge is 0.255 e. The highest BCUT2D eigenvalue weighted by Gasteiger charge is 2.16. The van der Waals surface area contributed by atoms with E-state index in [1.807, 2.05) is 45.0 Å². The van der Waals surface area contributed by atoms with Crippen LogP contribution in [0.4, 0.5) is 5.69 Å². The van der Waals surface area contributed by atoms with Crippen molar-refractivity contribution in [3.05, 3.63) is 59.7 Å². The summed E-state index contributed by atoms with van der Waals surface area (Å²) >= 11 is 0. The van der Waals surface area contributed by atoms with Crippen molar-refractivity contribution in [1.82, 2.24) is 4.72 Å². The summed E-state index contributed by atoms with van der Waals surface area (Å²) in [6, 6.07) is 13.7. The van der Waals surface area contributed by atoms with Crippen molar-refractivity contribution in [1.29, 1.82) is 0 Å². The molecule has 140 valence electrons. The third-order valence-corrected chi connectivity index (χ3v) is 5.53. The van der Waals surface area contributed by atoms with Gasteiger partial charge in [0.15, 0.2) is 0 Å². The topological polar surface area (TPSA) is 75.3 Å². The van der Waals surface area contributed by atoms with Gasteiger partial charge < -0.3 is 5.32 Å². The number of hydrogen-bond acceptors (Lipinski definition) is 3. The summed E-state index contributed by atoms with van der Waals surface area (Å²) in [6.07, 6.45) is 1.55. The number of para-hydroxylation sites is 1. The van der Waals surface area contributed by atoms with Crippen LogP contribution in [0.15, 0.2) is 53.4 Å². The molecule has 0 aliphatic heterocycles. The molecule has 0 saturated carbocycles. The second-order valence-corrected chi connectivity index (χ2v) is 8.34. The molecule has 0 aromatic heterocycles. The number of amides is 1. The molecule has 1 amide bonds. The van der Waals surface area contributed by atoms with E-state index in [-0.39, 0.29) is 10.8 Å². The summed E-state index contributed by atoms with van der Waals surface area (Å²) in [5, 5.41) is 2.86. The van der Waals surface area contributed by atoms with Gasteiger partial charge >= 0.3 is 0 Å². The molecule has 0 aliphatic rings. The van der Waals surface area contributed by atoms with Gasteiger partial charge in [0.2, 0.25) is 10.0 Å². The fourth-order valence-electron chi connectivity index (χ4n) is 2.51. The van der Waals surface area contributed by atoms with Crippen molar-refractivity contribution in [2.24, 2.45) is 5.92 Å². The number of sulfonamides is 1. The number of benzene rings is 2. The zero-order chi connectivity index (χ0) is 19.2. The summed E-state index contributed by atoms with van der Waals surface area (Å²) in [5.74, 6) is 0.0820. The normalized spacial score (nSPS) is 11.5. The molecule has 26 heavy (non-hydrogen) atoms. The number of anilines is 1. The van der Waals surface area contributed by atoms with Crippen LogP contribution in [0.3, 0.4) is 0 Å². The largest absolute Gasteiger partial charge is 0.322 e. The Labute approximate surface area is 155 Å². The van der Waals surface area contributed by atoms with Crippen molar-refractivity contribution in [2.75, 3.05) is 11.9 Å². The first kappa shape index (κ1) is 20.1. The van der Waals surface area contributed by atoms with Crippen LogP contribution in [-0.4, -0.2) is 20.9 Å². The van der Waals surface area contributed by atoms with Gasteiger partial charge in [-0.15, -0.1) is 0 Å². The van der Waals surface area contributed by atoms with E-state index in [4.69, 9.17) is 0 Å². The van der Waals surface area contributed by atoms with E-state index >= 15 is 0 Å². The maximum absolute atomic E-state index is 12.5. The van der Waals surface area contributed by atoms with Gasteiger partial charge in [0, 0.05) is 17.8 Å². The molecule has 0 aliphatic carbocycles. The van der Waals surface area contributed by atoms with E-state index in [1.165, 1.54) is 12.1 Å². The quantitative estimate of drug-likeness (QED) is 0.737. The van der Waals surface area contributed by atoms with Crippen LogP contribution in [0.25, 0.3) is 0 Å². The number of aryl methyl sites for hydroxylation is 1. The molecule has 2 aromatic carbocycles. The number of rotatable bonds is 8. The summed E-state index contributed by atoms with van der Waals surface area (Å²) in [6.45, 7) is 6.46. The van der Waals surface area contributed by atoms with Crippen molar-refractivity contribution in [3.8, 4) is 0 Å². The molecule has 0 bridgehead atoms. The highest BCUT2D eigenvalue weighted by molar-refractivity contribution is 7.89. The van der Waals surface area contributed by atoms with Crippen LogP contribution in [0.5, 0.6) is 0 Å². The number of carbonyl (C=O) groups is 1. The van der Waals surface area contributed by atoms with Crippen LogP contribution in [0.1, 0.15) is 43.1 Å². The third kappa shape index (κ3) is 5.41. The Hall–Kier alpha value is -2.18. The van der Waals surface area contributed by atoms with Gasteiger partial charge in [-0.05, 0) is 48.6 Å². The second kappa shape index (κ2) is 8.96. The minimum absolute atomic E-state index is 0.0951. The lowest BCUT2D eigenvalue weighted by Gasteiger charge is -2.11. The number of nitrogens with one attached hydrogen (secondary N) is 2. The molecule has 2 rings (SSSR count). The van der Waals surface area contributed by atoms with Crippen molar-refractivity contribution in [3.63, 3.8) is 0 Å². The first-order valence-electron chi connectivity index (χ1n) is 8.82. The third-order valence-electron chi connectivity index (χ3n) is 4.07. The highest BCUT2D eigenvalue weighted by atomic mass is 32.2. The maximum Gasteiger partial charge on any atom is 0.255 e. The SMILES string of the molecule is CCc1ccccc1NC(=O)c1cccc(S(=O)(=O)NCCC(C)C)c1. The van der Waals surface area contributed by atoms with Gasteiger partial charge in [-0.3, -0.25) is 4.79 Å². The van der Waals surface area contributed by atoms with E-state index in [0.717, 1.165) is 24.1 Å². The van der Waals surface area contributed by atoms with E-state index in [1.54, 1.807) is 12.1 Å².